The number of carbonyl (C=O) groups is 2. The molecular weight excluding hydrogens is 1200 g/mol. The summed E-state index contributed by atoms with van der Waals surface area (Å²) in [6.45, 7) is 15.3. The Morgan fingerprint density at radius 3 is 1.50 bits per heavy atom. The van der Waals surface area contributed by atoms with E-state index in [9.17, 15) is 31.0 Å². The largest absolute Gasteiger partial charge is 0.748 e. The molecule has 10 aliphatic rings. The van der Waals surface area contributed by atoms with Crippen LogP contribution in [0.4, 0.5) is 0 Å². The molecule has 8 aliphatic carbocycles. The van der Waals surface area contributed by atoms with Gasteiger partial charge in [-0.25, -0.2) is 13.4 Å². The molecule has 92 heavy (non-hydrogen) atoms. The zero-order valence-electron chi connectivity index (χ0n) is 54.7. The monoisotopic (exact) mass is 1290 g/mol. The molecule has 2 aliphatic heterocycles. The molecule has 0 unspecified atom stereocenters. The number of nitrogens with two attached hydrogens (primary N) is 1. The van der Waals surface area contributed by atoms with E-state index in [2.05, 4.69) is 82.2 Å². The summed E-state index contributed by atoms with van der Waals surface area (Å²) in [6.07, 6.45) is 21.9. The van der Waals surface area contributed by atoms with E-state index in [1.54, 1.807) is 19.5 Å². The highest BCUT2D eigenvalue weighted by Gasteiger charge is 2.67. The number of aromatic nitrogens is 2. The van der Waals surface area contributed by atoms with E-state index < -0.39 is 53.9 Å². The number of pyridine rings is 2. The van der Waals surface area contributed by atoms with Gasteiger partial charge in [-0.15, -0.1) is 11.8 Å². The molecule has 488 valence electrons. The molecular formula is C72H86N8O10S2-2. The quantitative estimate of drug-likeness (QED) is 0.109. The molecule has 6 atom stereocenters. The highest BCUT2D eigenvalue weighted by atomic mass is 32.2. The number of amidine groups is 2. The topological polar surface area (TPSA) is 291 Å². The molecule has 0 saturated heterocycles. The summed E-state index contributed by atoms with van der Waals surface area (Å²) in [5.41, 5.74) is 15.2. The van der Waals surface area contributed by atoms with Gasteiger partial charge in [0.25, 0.3) is 10.1 Å². The molecule has 4 bridgehead atoms. The lowest BCUT2D eigenvalue weighted by Gasteiger charge is -2.49. The van der Waals surface area contributed by atoms with E-state index in [1.807, 2.05) is 74.9 Å². The predicted octanol–water partition coefficient (Wildman–Crippen LogP) is 11.7. The standard InChI is InChI=1S/C26H28N4O.C26H27N4O.2C10H16O4S/c2*1-4-5-18-12-21(16-28-15-18)19-6-7-20-14-25(10-8-22(31-3)9-11-25)26(23(20)13-19)29-17(2)24(27)30-26;2*1-9(2)7-3-4-10(9,8(11)5-7)6-15(12,13)14/h6-7,12-13,15-16,22H,8-11,14H2,1-3H3,(H2,27,30);6-7,12-13,15-16,22H,8-11,14H2,1-3H3,(H-,27,30);2*7H,3-6H2,1-2H3,(H,12,13,14)/q;-1;;/p-1/t2*22?,25?,26-;2*7-,10-/m0011/s1. The second-order valence-corrected chi connectivity index (χ2v) is 31.5. The molecule has 4 heterocycles. The van der Waals surface area contributed by atoms with E-state index in [-0.39, 0.29) is 45.1 Å². The number of hydrogen-bond acceptors (Lipinski definition) is 16. The van der Waals surface area contributed by atoms with Gasteiger partial charge in [0, 0.05) is 102 Å². The minimum Gasteiger partial charge on any atom is -0.748 e. The maximum atomic E-state index is 11.9. The Kier molecular flexibility index (Phi) is 17.5. The van der Waals surface area contributed by atoms with Crippen molar-refractivity contribution in [3.63, 3.8) is 0 Å². The molecule has 2 aromatic heterocycles. The first-order valence-corrected chi connectivity index (χ1v) is 35.4. The third-order valence-electron chi connectivity index (χ3n) is 23.7. The normalized spacial score (nSPS) is 28.7. The molecule has 20 heteroatoms. The van der Waals surface area contributed by atoms with Gasteiger partial charge < -0.3 is 30.5 Å². The van der Waals surface area contributed by atoms with Crippen molar-refractivity contribution in [3.8, 4) is 45.9 Å². The second-order valence-electron chi connectivity index (χ2n) is 28.7. The maximum absolute atomic E-state index is 11.9. The van der Waals surface area contributed by atoms with Crippen LogP contribution in [-0.4, -0.2) is 109 Å². The summed E-state index contributed by atoms with van der Waals surface area (Å²) >= 11 is 0. The molecule has 4 aromatic rings. The summed E-state index contributed by atoms with van der Waals surface area (Å²) in [4.78, 5) is 47.8. The second kappa shape index (κ2) is 24.2. The smallest absolute Gasteiger partial charge is 0.265 e. The van der Waals surface area contributed by atoms with Crippen molar-refractivity contribution >= 4 is 54.9 Å². The van der Waals surface area contributed by atoms with Crippen molar-refractivity contribution in [1.82, 2.24) is 9.97 Å². The SMILES string of the molecule is CC#Cc1cncc(-c2ccc3c(c2)[C@@]2(N=C(C)C(=N)[N-]2)C2(CCC(OC)CC2)C3)c1.CC#Cc1cncc(-c2ccc3c(c2)[C@@]2(N=C(C)C(N)=N2)C2(CCC(OC)CC2)C3)c1.CC1(C)[C@@H]2CC[C@@]1(CS(=O)(=O)O)C(=O)C2.CC1(C)[C@@H]2CC[C@@]1(CS(=O)(=O)[O-])C(=O)C2. The van der Waals surface area contributed by atoms with Crippen LogP contribution in [0.5, 0.6) is 0 Å². The minimum atomic E-state index is -4.33. The van der Waals surface area contributed by atoms with Crippen molar-refractivity contribution in [2.75, 3.05) is 25.7 Å². The lowest BCUT2D eigenvalue weighted by Crippen LogP contribution is -2.43. The molecule has 0 radical (unpaired) electrons. The Morgan fingerprint density at radius 1 is 0.630 bits per heavy atom. The number of nitrogens with zero attached hydrogens (tertiary/aromatic N) is 6. The first-order valence-electron chi connectivity index (χ1n) is 32.2. The Morgan fingerprint density at radius 2 is 1.10 bits per heavy atom. The van der Waals surface area contributed by atoms with Gasteiger partial charge in [-0.3, -0.25) is 34.1 Å². The summed E-state index contributed by atoms with van der Waals surface area (Å²) < 4.78 is 75.0. The van der Waals surface area contributed by atoms with Gasteiger partial charge in [-0.05, 0) is 198 Å². The van der Waals surface area contributed by atoms with Crippen LogP contribution in [0.15, 0.2) is 88.3 Å². The first-order chi connectivity index (χ1) is 43.4. The summed E-state index contributed by atoms with van der Waals surface area (Å²) in [5, 5.41) is 13.4. The number of aliphatic imine (C=N–C) groups is 3. The third-order valence-corrected chi connectivity index (χ3v) is 25.4. The van der Waals surface area contributed by atoms with Crippen LogP contribution in [0, 0.1) is 73.4 Å². The third kappa shape index (κ3) is 11.3. The van der Waals surface area contributed by atoms with Crippen LogP contribution in [-0.2, 0) is 63.5 Å². The predicted molar refractivity (Wildman–Crippen MR) is 356 cm³/mol. The molecule has 4 N–H and O–H groups in total. The van der Waals surface area contributed by atoms with Crippen LogP contribution < -0.4 is 5.73 Å². The van der Waals surface area contributed by atoms with E-state index >= 15 is 0 Å². The molecule has 18 nitrogen and oxygen atoms in total. The van der Waals surface area contributed by atoms with Crippen LogP contribution in [0.3, 0.4) is 0 Å². The Balaban J connectivity index is 0.000000133. The number of methoxy groups -OCH3 is 2. The van der Waals surface area contributed by atoms with E-state index in [0.717, 1.165) is 127 Å². The maximum Gasteiger partial charge on any atom is 0.265 e. The van der Waals surface area contributed by atoms with Crippen LogP contribution in [0.25, 0.3) is 27.6 Å². The van der Waals surface area contributed by atoms with E-state index in [1.165, 1.54) is 16.7 Å². The number of ether oxygens (including phenoxy) is 2. The van der Waals surface area contributed by atoms with Crippen LogP contribution in [0.1, 0.15) is 179 Å². The molecule has 14 rings (SSSR count). The summed E-state index contributed by atoms with van der Waals surface area (Å²) in [6, 6.07) is 17.5. The lowest BCUT2D eigenvalue weighted by molar-refractivity contribution is -0.128. The van der Waals surface area contributed by atoms with Crippen molar-refractivity contribution < 1.29 is 45.0 Å². The number of carbonyl (C=O) groups excluding carboxylic acids is 2. The zero-order valence-corrected chi connectivity index (χ0v) is 56.3. The minimum absolute atomic E-state index is 0.0152. The van der Waals surface area contributed by atoms with Crippen molar-refractivity contribution in [2.24, 2.45) is 65.0 Å². The van der Waals surface area contributed by atoms with Crippen LogP contribution in [0.2, 0.25) is 0 Å². The number of nitrogens with one attached hydrogen (secondary N) is 1. The highest BCUT2D eigenvalue weighted by molar-refractivity contribution is 7.86. The van der Waals surface area contributed by atoms with Gasteiger partial charge in [0.05, 0.1) is 50.6 Å². The average Bonchev–Trinajstić information content (AvgIpc) is 1.55. The Bertz CT molecular complexity index is 4040. The van der Waals surface area contributed by atoms with E-state index in [0.29, 0.717) is 49.6 Å². The fourth-order valence-corrected chi connectivity index (χ4v) is 20.7. The summed E-state index contributed by atoms with van der Waals surface area (Å²) in [7, 11) is -4.79. The molecule has 6 fully saturated rings. The molecule has 0 amide bonds. The number of Topliss-reactive ketones (excluding diaryl/α,β-unsaturated/α-hetero) is 2. The highest BCUT2D eigenvalue weighted by Crippen LogP contribution is 2.67. The Hall–Kier alpha value is -6.78. The van der Waals surface area contributed by atoms with Gasteiger partial charge in [0.15, 0.2) is 5.66 Å². The molecule has 6 saturated carbocycles. The number of ketones is 2. The van der Waals surface area contributed by atoms with E-state index in [4.69, 9.17) is 45.5 Å². The first kappa shape index (κ1) is 66.7. The number of rotatable bonds is 8. The van der Waals surface area contributed by atoms with Crippen molar-refractivity contribution in [2.45, 2.75) is 182 Å². The van der Waals surface area contributed by atoms with Gasteiger partial charge in [0.2, 0.25) is 0 Å². The van der Waals surface area contributed by atoms with Crippen molar-refractivity contribution in [3.05, 3.63) is 112 Å². The van der Waals surface area contributed by atoms with Crippen LogP contribution >= 0.6 is 0 Å². The average molecular weight is 1290 g/mol. The zero-order chi connectivity index (χ0) is 66.2. The van der Waals surface area contributed by atoms with Gasteiger partial charge in [-0.2, -0.15) is 8.42 Å². The number of fused-ring (bicyclic) bond motifs is 10. The van der Waals surface area contributed by atoms with Gasteiger partial charge in [0.1, 0.15) is 17.4 Å². The Labute approximate surface area is 542 Å². The van der Waals surface area contributed by atoms with Gasteiger partial charge >= 0.3 is 0 Å². The van der Waals surface area contributed by atoms with Gasteiger partial charge in [-0.1, -0.05) is 63.8 Å². The van der Waals surface area contributed by atoms with Crippen molar-refractivity contribution in [1.29, 1.82) is 5.41 Å². The molecule has 2 aromatic carbocycles. The lowest BCUT2D eigenvalue weighted by atomic mass is 9.65. The summed E-state index contributed by atoms with van der Waals surface area (Å²) in [5.74, 6) is 12.6. The fraction of sp³-hybridized carbons (Fsp3) is 0.556. The fourth-order valence-electron chi connectivity index (χ4n) is 18.1. The number of benzene rings is 2. The number of hydrogen-bond donors (Lipinski definition) is 3. The molecule has 4 spiro atoms.